The van der Waals surface area contributed by atoms with Gasteiger partial charge in [0.25, 0.3) is 0 Å². The molecule has 0 spiro atoms. The van der Waals surface area contributed by atoms with Gasteiger partial charge in [0.1, 0.15) is 9.84 Å². The van der Waals surface area contributed by atoms with Gasteiger partial charge in [-0.25, -0.2) is 8.42 Å². The van der Waals surface area contributed by atoms with Crippen molar-refractivity contribution in [3.05, 3.63) is 17.5 Å². The van der Waals surface area contributed by atoms with Crippen molar-refractivity contribution < 1.29 is 8.42 Å². The first kappa shape index (κ1) is 27.2. The Morgan fingerprint density at radius 2 is 2.00 bits per heavy atom. The van der Waals surface area contributed by atoms with Crippen LogP contribution in [0.1, 0.15) is 58.2 Å². The Balaban J connectivity index is 0.00000729. The van der Waals surface area contributed by atoms with Crippen molar-refractivity contribution in [2.75, 3.05) is 32.1 Å². The summed E-state index contributed by atoms with van der Waals surface area (Å²) < 4.78 is 24.8. The van der Waals surface area contributed by atoms with Gasteiger partial charge >= 0.3 is 0 Å². The van der Waals surface area contributed by atoms with Gasteiger partial charge in [-0.15, -0.1) is 24.0 Å². The Bertz CT molecular complexity index is 742. The molecule has 1 aromatic rings. The molecule has 0 atom stereocenters. The van der Waals surface area contributed by atoms with E-state index in [2.05, 4.69) is 49.2 Å². The van der Waals surface area contributed by atoms with Gasteiger partial charge < -0.3 is 10.2 Å². The number of hydrogen-bond donors (Lipinski definition) is 1. The van der Waals surface area contributed by atoms with Crippen LogP contribution in [0.5, 0.6) is 0 Å². The molecular formula is C19H38IN5O2S. The standard InChI is InChI=1S/C19H37N5O2S.HI/c1-9-20-18(21-14-19(4,5)10-11-27(8,25)26)23(6)12-16-13-24(7)22-17(16)15(2)3;/h13,15H,9-12,14H2,1-8H3,(H,20,21);1H. The van der Waals surface area contributed by atoms with E-state index in [-0.39, 0.29) is 35.1 Å². The van der Waals surface area contributed by atoms with Gasteiger partial charge in [-0.05, 0) is 24.7 Å². The molecule has 9 heteroatoms. The molecule has 1 heterocycles. The van der Waals surface area contributed by atoms with Crippen LogP contribution >= 0.6 is 24.0 Å². The molecule has 0 aliphatic rings. The second kappa shape index (κ2) is 11.4. The predicted octanol–water partition coefficient (Wildman–Crippen LogP) is 3.02. The van der Waals surface area contributed by atoms with Crippen LogP contribution in [0.2, 0.25) is 0 Å². The third kappa shape index (κ3) is 9.58. The maximum Gasteiger partial charge on any atom is 0.193 e. The fourth-order valence-electron chi connectivity index (χ4n) is 2.79. The van der Waals surface area contributed by atoms with Crippen LogP contribution in [0.4, 0.5) is 0 Å². The zero-order valence-corrected chi connectivity index (χ0v) is 21.8. The number of aromatic nitrogens is 2. The molecule has 1 rings (SSSR count). The number of hydrogen-bond acceptors (Lipinski definition) is 4. The van der Waals surface area contributed by atoms with E-state index in [9.17, 15) is 8.42 Å². The number of guanidine groups is 1. The molecule has 28 heavy (non-hydrogen) atoms. The number of nitrogens with one attached hydrogen (secondary N) is 1. The Kier molecular flexibility index (Phi) is 11.0. The molecule has 0 bridgehead atoms. The number of sulfone groups is 1. The highest BCUT2D eigenvalue weighted by atomic mass is 127. The molecule has 0 saturated heterocycles. The van der Waals surface area contributed by atoms with Crippen molar-refractivity contribution in [1.82, 2.24) is 20.0 Å². The monoisotopic (exact) mass is 527 g/mol. The highest BCUT2D eigenvalue weighted by Gasteiger charge is 2.21. The van der Waals surface area contributed by atoms with Crippen LogP contribution in [-0.4, -0.2) is 61.2 Å². The van der Waals surface area contributed by atoms with Crippen molar-refractivity contribution in [1.29, 1.82) is 0 Å². The van der Waals surface area contributed by atoms with Crippen LogP contribution < -0.4 is 5.32 Å². The summed E-state index contributed by atoms with van der Waals surface area (Å²) in [5, 5.41) is 7.91. The fourth-order valence-corrected chi connectivity index (χ4v) is 3.72. The molecule has 0 aliphatic heterocycles. The van der Waals surface area contributed by atoms with E-state index in [4.69, 9.17) is 4.99 Å². The Hall–Kier alpha value is -0.840. The lowest BCUT2D eigenvalue weighted by atomic mass is 9.90. The number of aliphatic imine (C=N–C) groups is 1. The van der Waals surface area contributed by atoms with E-state index in [1.54, 1.807) is 0 Å². The first-order chi connectivity index (χ1) is 12.3. The molecule has 0 aliphatic carbocycles. The molecule has 0 amide bonds. The number of halogens is 1. The van der Waals surface area contributed by atoms with Crippen LogP contribution in [0, 0.1) is 5.41 Å². The SMILES string of the molecule is CCNC(=NCC(C)(C)CCS(C)(=O)=O)N(C)Cc1cn(C)nc1C(C)C.I. The molecule has 164 valence electrons. The zero-order chi connectivity index (χ0) is 20.8. The molecule has 0 fully saturated rings. The van der Waals surface area contributed by atoms with Gasteiger partial charge in [0.05, 0.1) is 11.4 Å². The molecule has 0 radical (unpaired) electrons. The summed E-state index contributed by atoms with van der Waals surface area (Å²) in [6.45, 7) is 12.5. The second-order valence-electron chi connectivity index (χ2n) is 8.44. The summed E-state index contributed by atoms with van der Waals surface area (Å²) in [4.78, 5) is 6.87. The minimum atomic E-state index is -2.96. The van der Waals surface area contributed by atoms with E-state index < -0.39 is 9.84 Å². The summed E-state index contributed by atoms with van der Waals surface area (Å²) in [5.74, 6) is 1.38. The topological polar surface area (TPSA) is 79.6 Å². The highest BCUT2D eigenvalue weighted by Crippen LogP contribution is 2.22. The smallest absolute Gasteiger partial charge is 0.193 e. The normalized spacial score (nSPS) is 12.8. The third-order valence-electron chi connectivity index (χ3n) is 4.39. The predicted molar refractivity (Wildman–Crippen MR) is 128 cm³/mol. The van der Waals surface area contributed by atoms with Crippen LogP contribution in [-0.2, 0) is 23.4 Å². The van der Waals surface area contributed by atoms with Crippen LogP contribution in [0.3, 0.4) is 0 Å². The first-order valence-electron chi connectivity index (χ1n) is 9.54. The van der Waals surface area contributed by atoms with Gasteiger partial charge in [-0.2, -0.15) is 5.10 Å². The lowest BCUT2D eigenvalue weighted by molar-refractivity contribution is 0.361. The maximum atomic E-state index is 11.5. The van der Waals surface area contributed by atoms with E-state index in [0.717, 1.165) is 24.7 Å². The van der Waals surface area contributed by atoms with Gasteiger partial charge in [0.15, 0.2) is 5.96 Å². The lowest BCUT2D eigenvalue weighted by Gasteiger charge is -2.26. The summed E-state index contributed by atoms with van der Waals surface area (Å²) in [7, 11) is 1.00. The van der Waals surface area contributed by atoms with E-state index in [1.807, 2.05) is 25.7 Å². The van der Waals surface area contributed by atoms with E-state index in [0.29, 0.717) is 18.9 Å². The van der Waals surface area contributed by atoms with Crippen LogP contribution in [0.15, 0.2) is 11.2 Å². The Labute approximate surface area is 188 Å². The molecule has 7 nitrogen and oxygen atoms in total. The largest absolute Gasteiger partial charge is 0.357 e. The summed E-state index contributed by atoms with van der Waals surface area (Å²) in [6, 6.07) is 0. The Morgan fingerprint density at radius 1 is 1.39 bits per heavy atom. The van der Waals surface area contributed by atoms with Gasteiger partial charge in [0, 0.05) is 51.7 Å². The number of nitrogens with zero attached hydrogens (tertiary/aromatic N) is 4. The fraction of sp³-hybridized carbons (Fsp3) is 0.789. The summed E-state index contributed by atoms with van der Waals surface area (Å²) in [5.41, 5.74) is 2.12. The molecule has 0 aromatic carbocycles. The lowest BCUT2D eigenvalue weighted by Crippen LogP contribution is -2.39. The second-order valence-corrected chi connectivity index (χ2v) is 10.7. The van der Waals surface area contributed by atoms with Gasteiger partial charge in [-0.3, -0.25) is 9.67 Å². The maximum absolute atomic E-state index is 11.5. The number of aryl methyl sites for hydroxylation is 1. The zero-order valence-electron chi connectivity index (χ0n) is 18.6. The molecule has 0 unspecified atom stereocenters. The van der Waals surface area contributed by atoms with Crippen molar-refractivity contribution in [2.24, 2.45) is 17.5 Å². The van der Waals surface area contributed by atoms with Crippen molar-refractivity contribution in [3.8, 4) is 0 Å². The van der Waals surface area contributed by atoms with E-state index >= 15 is 0 Å². The Morgan fingerprint density at radius 3 is 2.50 bits per heavy atom. The molecule has 0 saturated carbocycles. The highest BCUT2D eigenvalue weighted by molar-refractivity contribution is 14.0. The number of rotatable bonds is 9. The molecule has 1 aromatic heterocycles. The van der Waals surface area contributed by atoms with Crippen molar-refractivity contribution in [2.45, 2.75) is 53.5 Å². The summed E-state index contributed by atoms with van der Waals surface area (Å²) >= 11 is 0. The molecule has 1 N–H and O–H groups in total. The first-order valence-corrected chi connectivity index (χ1v) is 11.6. The summed E-state index contributed by atoms with van der Waals surface area (Å²) in [6.07, 6.45) is 3.94. The average molecular weight is 528 g/mol. The van der Waals surface area contributed by atoms with Gasteiger partial charge in [-0.1, -0.05) is 27.7 Å². The van der Waals surface area contributed by atoms with Gasteiger partial charge in [0.2, 0.25) is 0 Å². The molecular weight excluding hydrogens is 489 g/mol. The quantitative estimate of drug-likeness (QED) is 0.304. The van der Waals surface area contributed by atoms with Crippen molar-refractivity contribution >= 4 is 39.8 Å². The van der Waals surface area contributed by atoms with Crippen molar-refractivity contribution in [3.63, 3.8) is 0 Å². The van der Waals surface area contributed by atoms with E-state index in [1.165, 1.54) is 11.8 Å². The minimum absolute atomic E-state index is 0. The minimum Gasteiger partial charge on any atom is -0.357 e. The van der Waals surface area contributed by atoms with Crippen LogP contribution in [0.25, 0.3) is 0 Å². The third-order valence-corrected chi connectivity index (χ3v) is 5.34. The average Bonchev–Trinajstić information content (AvgIpc) is 2.89.